The fraction of sp³-hybridized carbons (Fsp3) is 0.500. The van der Waals surface area contributed by atoms with E-state index in [2.05, 4.69) is 0 Å². The third-order valence-electron chi connectivity index (χ3n) is 2.92. The SMILES string of the molecule is C1CCCC1.Cc1cc([N+](=O)[O-])cc([N+](=O)[O-])c1O. The van der Waals surface area contributed by atoms with E-state index in [9.17, 15) is 25.3 Å². The minimum absolute atomic E-state index is 0.103. The van der Waals surface area contributed by atoms with Crippen LogP contribution >= 0.6 is 0 Å². The van der Waals surface area contributed by atoms with Crippen molar-refractivity contribution in [3.63, 3.8) is 0 Å². The summed E-state index contributed by atoms with van der Waals surface area (Å²) in [7, 11) is 0. The first kappa shape index (κ1) is 14.9. The Morgan fingerprint density at radius 1 is 1.00 bits per heavy atom. The zero-order valence-corrected chi connectivity index (χ0v) is 10.7. The molecular formula is C12H16N2O5. The monoisotopic (exact) mass is 268 g/mol. The van der Waals surface area contributed by atoms with Crippen molar-refractivity contribution in [1.82, 2.24) is 0 Å². The molecule has 0 spiro atoms. The Balaban J connectivity index is 0.000000300. The third kappa shape index (κ3) is 4.20. The molecule has 0 unspecified atom stereocenters. The number of phenols is 1. The molecule has 1 aromatic carbocycles. The van der Waals surface area contributed by atoms with Crippen LogP contribution in [0.1, 0.15) is 37.7 Å². The quantitative estimate of drug-likeness (QED) is 0.652. The summed E-state index contributed by atoms with van der Waals surface area (Å²) < 4.78 is 0. The van der Waals surface area contributed by atoms with Crippen LogP contribution in [0.4, 0.5) is 11.4 Å². The van der Waals surface area contributed by atoms with Crippen molar-refractivity contribution < 1.29 is 15.0 Å². The van der Waals surface area contributed by atoms with Crippen molar-refractivity contribution in [2.75, 3.05) is 0 Å². The Morgan fingerprint density at radius 2 is 1.47 bits per heavy atom. The van der Waals surface area contributed by atoms with Gasteiger partial charge < -0.3 is 5.11 Å². The number of nitro benzene ring substituents is 2. The molecule has 0 radical (unpaired) electrons. The van der Waals surface area contributed by atoms with Crippen molar-refractivity contribution >= 4 is 11.4 Å². The number of rotatable bonds is 2. The Kier molecular flexibility index (Phi) is 5.23. The highest BCUT2D eigenvalue weighted by atomic mass is 16.6. The van der Waals surface area contributed by atoms with Crippen LogP contribution in [0.5, 0.6) is 5.75 Å². The highest BCUT2D eigenvalue weighted by Gasteiger charge is 2.21. The van der Waals surface area contributed by atoms with E-state index in [0.717, 1.165) is 12.1 Å². The molecule has 0 amide bonds. The van der Waals surface area contributed by atoms with Gasteiger partial charge in [-0.25, -0.2) is 0 Å². The van der Waals surface area contributed by atoms with Gasteiger partial charge in [-0.2, -0.15) is 0 Å². The molecule has 104 valence electrons. The van der Waals surface area contributed by atoms with Gasteiger partial charge in [0.2, 0.25) is 0 Å². The number of nitrogens with zero attached hydrogens (tertiary/aromatic N) is 2. The van der Waals surface area contributed by atoms with Gasteiger partial charge in [0.15, 0.2) is 5.75 Å². The van der Waals surface area contributed by atoms with E-state index < -0.39 is 27.0 Å². The minimum atomic E-state index is -0.866. The van der Waals surface area contributed by atoms with Crippen molar-refractivity contribution in [3.05, 3.63) is 37.9 Å². The van der Waals surface area contributed by atoms with Crippen molar-refractivity contribution in [1.29, 1.82) is 0 Å². The maximum Gasteiger partial charge on any atom is 0.317 e. The molecule has 1 aliphatic carbocycles. The van der Waals surface area contributed by atoms with Gasteiger partial charge in [0.1, 0.15) is 0 Å². The molecular weight excluding hydrogens is 252 g/mol. The number of non-ortho nitro benzene ring substituents is 1. The zero-order valence-electron chi connectivity index (χ0n) is 10.7. The average Bonchev–Trinajstić information content (AvgIpc) is 2.90. The molecule has 1 aliphatic rings. The van der Waals surface area contributed by atoms with Gasteiger partial charge in [0, 0.05) is 11.6 Å². The fourth-order valence-corrected chi connectivity index (χ4v) is 1.87. The second-order valence-electron chi connectivity index (χ2n) is 4.41. The standard InChI is InChI=1S/C7H6N2O5.C5H10/c1-4-2-5(8(11)12)3-6(7(4)10)9(13)14;1-2-4-5-3-1/h2-3,10H,1H3;1-5H2. The van der Waals surface area contributed by atoms with Gasteiger partial charge in [0.05, 0.1) is 15.9 Å². The first-order valence-electron chi connectivity index (χ1n) is 6.06. The van der Waals surface area contributed by atoms with Crippen LogP contribution in [0, 0.1) is 27.2 Å². The van der Waals surface area contributed by atoms with Crippen LogP contribution in [0.2, 0.25) is 0 Å². The van der Waals surface area contributed by atoms with E-state index in [1.165, 1.54) is 39.0 Å². The van der Waals surface area contributed by atoms with Crippen molar-refractivity contribution in [3.8, 4) is 5.75 Å². The summed E-state index contributed by atoms with van der Waals surface area (Å²) in [5.41, 5.74) is -0.963. The predicted octanol–water partition coefficient (Wildman–Crippen LogP) is 3.47. The number of hydrogen-bond acceptors (Lipinski definition) is 5. The van der Waals surface area contributed by atoms with E-state index in [1.807, 2.05) is 0 Å². The fourth-order valence-electron chi connectivity index (χ4n) is 1.87. The number of aromatic hydroxyl groups is 1. The highest BCUT2D eigenvalue weighted by Crippen LogP contribution is 2.33. The number of benzene rings is 1. The lowest BCUT2D eigenvalue weighted by Gasteiger charge is -1.99. The Morgan fingerprint density at radius 3 is 1.84 bits per heavy atom. The number of aryl methyl sites for hydroxylation is 1. The summed E-state index contributed by atoms with van der Waals surface area (Å²) in [5.74, 6) is -0.541. The zero-order chi connectivity index (χ0) is 14.4. The molecule has 1 fully saturated rings. The summed E-state index contributed by atoms with van der Waals surface area (Å²) in [6, 6.07) is 1.80. The number of nitro groups is 2. The van der Waals surface area contributed by atoms with Gasteiger partial charge in [-0.1, -0.05) is 32.1 Å². The first-order chi connectivity index (χ1) is 8.93. The van der Waals surface area contributed by atoms with Crippen LogP contribution in [-0.2, 0) is 0 Å². The molecule has 0 heterocycles. The molecule has 7 nitrogen and oxygen atoms in total. The smallest absolute Gasteiger partial charge is 0.317 e. The Hall–Kier alpha value is -2.18. The molecule has 0 saturated heterocycles. The summed E-state index contributed by atoms with van der Waals surface area (Å²) in [4.78, 5) is 19.1. The third-order valence-corrected chi connectivity index (χ3v) is 2.92. The molecule has 0 bridgehead atoms. The largest absolute Gasteiger partial charge is 0.502 e. The molecule has 0 aromatic heterocycles. The summed E-state index contributed by atoms with van der Waals surface area (Å²) in [5, 5.41) is 29.9. The number of hydrogen-bond donors (Lipinski definition) is 1. The highest BCUT2D eigenvalue weighted by molar-refractivity contribution is 5.57. The van der Waals surface area contributed by atoms with E-state index in [4.69, 9.17) is 0 Å². The molecule has 19 heavy (non-hydrogen) atoms. The molecule has 1 N–H and O–H groups in total. The lowest BCUT2D eigenvalue weighted by atomic mass is 10.1. The summed E-state index contributed by atoms with van der Waals surface area (Å²) >= 11 is 0. The molecule has 1 saturated carbocycles. The van der Waals surface area contributed by atoms with Crippen LogP contribution < -0.4 is 0 Å². The lowest BCUT2D eigenvalue weighted by Crippen LogP contribution is -1.94. The Labute approximate surface area is 110 Å². The van der Waals surface area contributed by atoms with E-state index in [-0.39, 0.29) is 5.56 Å². The molecule has 2 rings (SSSR count). The lowest BCUT2D eigenvalue weighted by molar-refractivity contribution is -0.394. The maximum atomic E-state index is 10.4. The molecule has 0 aliphatic heterocycles. The molecule has 0 atom stereocenters. The molecule has 1 aromatic rings. The van der Waals surface area contributed by atoms with E-state index >= 15 is 0 Å². The predicted molar refractivity (Wildman–Crippen MR) is 69.2 cm³/mol. The summed E-state index contributed by atoms with van der Waals surface area (Å²) in [6.45, 7) is 1.36. The van der Waals surface area contributed by atoms with Gasteiger partial charge in [-0.05, 0) is 6.92 Å². The second kappa shape index (κ2) is 6.67. The topological polar surface area (TPSA) is 107 Å². The first-order valence-corrected chi connectivity index (χ1v) is 6.06. The van der Waals surface area contributed by atoms with Crippen LogP contribution in [-0.4, -0.2) is 15.0 Å². The van der Waals surface area contributed by atoms with Gasteiger partial charge in [-0.15, -0.1) is 0 Å². The van der Waals surface area contributed by atoms with Crippen LogP contribution in [0.15, 0.2) is 12.1 Å². The van der Waals surface area contributed by atoms with Crippen molar-refractivity contribution in [2.24, 2.45) is 0 Å². The van der Waals surface area contributed by atoms with E-state index in [1.54, 1.807) is 0 Å². The van der Waals surface area contributed by atoms with E-state index in [0.29, 0.717) is 0 Å². The minimum Gasteiger partial charge on any atom is -0.502 e. The second-order valence-corrected chi connectivity index (χ2v) is 4.41. The molecule has 7 heteroatoms. The van der Waals surface area contributed by atoms with Crippen LogP contribution in [0.25, 0.3) is 0 Å². The maximum absolute atomic E-state index is 10.4. The summed E-state index contributed by atoms with van der Waals surface area (Å²) in [6.07, 6.45) is 7.50. The van der Waals surface area contributed by atoms with Crippen molar-refractivity contribution in [2.45, 2.75) is 39.0 Å². The van der Waals surface area contributed by atoms with Gasteiger partial charge in [0.25, 0.3) is 5.69 Å². The average molecular weight is 268 g/mol. The Bertz CT molecular complexity index is 476. The van der Waals surface area contributed by atoms with Gasteiger partial charge in [-0.3, -0.25) is 20.2 Å². The van der Waals surface area contributed by atoms with Crippen LogP contribution in [0.3, 0.4) is 0 Å². The normalized spacial score (nSPS) is 13.5. The number of phenolic OH excluding ortho intramolecular Hbond substituents is 1. The van der Waals surface area contributed by atoms with Gasteiger partial charge >= 0.3 is 5.69 Å².